The summed E-state index contributed by atoms with van der Waals surface area (Å²) < 4.78 is 0. The second kappa shape index (κ2) is 3.01. The molecule has 0 spiro atoms. The van der Waals surface area contributed by atoms with E-state index in [0.29, 0.717) is 6.42 Å². The van der Waals surface area contributed by atoms with Crippen LogP contribution in [0.3, 0.4) is 0 Å². The molecule has 2 N–H and O–H groups in total. The summed E-state index contributed by atoms with van der Waals surface area (Å²) in [6, 6.07) is -0.368. The van der Waals surface area contributed by atoms with Crippen LogP contribution in [0, 0.1) is 0 Å². The van der Waals surface area contributed by atoms with Crippen molar-refractivity contribution in [1.29, 1.82) is 0 Å². The number of rotatable bonds is 2. The average molecular weight is 179 g/mol. The van der Waals surface area contributed by atoms with Gasteiger partial charge in [0.2, 0.25) is 5.91 Å². The van der Waals surface area contributed by atoms with E-state index in [2.05, 4.69) is 15.3 Å². The zero-order valence-corrected chi connectivity index (χ0v) is 6.91. The number of Topliss-reactive ketones (excluding diaryl/α,β-unsaturated/α-hetero) is 1. The molecule has 1 aromatic rings. The Morgan fingerprint density at radius 2 is 2.38 bits per heavy atom. The van der Waals surface area contributed by atoms with Crippen molar-refractivity contribution in [3.8, 4) is 0 Å². The highest BCUT2D eigenvalue weighted by atomic mass is 16.2. The summed E-state index contributed by atoms with van der Waals surface area (Å²) >= 11 is 0. The van der Waals surface area contributed by atoms with E-state index in [9.17, 15) is 9.59 Å². The summed E-state index contributed by atoms with van der Waals surface area (Å²) in [6.07, 6.45) is 3.72. The molecule has 1 aromatic heterocycles. The fourth-order valence-electron chi connectivity index (χ4n) is 1.39. The highest BCUT2D eigenvalue weighted by Gasteiger charge is 2.29. The van der Waals surface area contributed by atoms with Gasteiger partial charge in [-0.05, 0) is 0 Å². The zero-order valence-electron chi connectivity index (χ0n) is 6.91. The predicted octanol–water partition coefficient (Wildman–Crippen LogP) is -0.590. The molecule has 0 radical (unpaired) electrons. The van der Waals surface area contributed by atoms with E-state index in [1.165, 1.54) is 0 Å². The van der Waals surface area contributed by atoms with Crippen LogP contribution in [0.2, 0.25) is 0 Å². The predicted molar refractivity (Wildman–Crippen MR) is 43.8 cm³/mol. The van der Waals surface area contributed by atoms with Gasteiger partial charge in [0, 0.05) is 18.3 Å². The van der Waals surface area contributed by atoms with Crippen LogP contribution in [0.4, 0.5) is 0 Å². The highest BCUT2D eigenvalue weighted by Crippen LogP contribution is 2.07. The molecule has 1 saturated heterocycles. The number of aromatic nitrogens is 2. The first-order valence-corrected chi connectivity index (χ1v) is 4.05. The fourth-order valence-corrected chi connectivity index (χ4v) is 1.39. The Morgan fingerprint density at radius 3 is 2.92 bits per heavy atom. The van der Waals surface area contributed by atoms with Crippen LogP contribution in [0.1, 0.15) is 12.1 Å². The van der Waals surface area contributed by atoms with Gasteiger partial charge in [0.05, 0.1) is 18.8 Å². The Balaban J connectivity index is 2.03. The van der Waals surface area contributed by atoms with Crippen molar-refractivity contribution in [3.05, 3.63) is 18.2 Å². The Hall–Kier alpha value is -1.65. The van der Waals surface area contributed by atoms with E-state index in [1.54, 1.807) is 12.5 Å². The van der Waals surface area contributed by atoms with E-state index in [4.69, 9.17) is 0 Å². The number of hydrogen-bond donors (Lipinski definition) is 2. The Labute approximate surface area is 74.6 Å². The molecule has 1 amide bonds. The van der Waals surface area contributed by atoms with E-state index in [1.807, 2.05) is 0 Å². The monoisotopic (exact) mass is 179 g/mol. The molecule has 2 rings (SSSR count). The van der Waals surface area contributed by atoms with Crippen LogP contribution in [-0.2, 0) is 16.0 Å². The molecule has 5 heteroatoms. The second-order valence-electron chi connectivity index (χ2n) is 3.04. The summed E-state index contributed by atoms with van der Waals surface area (Å²) in [7, 11) is 0. The molecule has 0 saturated carbocycles. The number of imidazole rings is 1. The van der Waals surface area contributed by atoms with Crippen molar-refractivity contribution >= 4 is 11.7 Å². The van der Waals surface area contributed by atoms with Gasteiger partial charge < -0.3 is 10.3 Å². The molecule has 5 nitrogen and oxygen atoms in total. The first kappa shape index (κ1) is 7.97. The molecule has 1 atom stereocenters. The van der Waals surface area contributed by atoms with E-state index >= 15 is 0 Å². The van der Waals surface area contributed by atoms with Gasteiger partial charge in [-0.1, -0.05) is 0 Å². The first-order chi connectivity index (χ1) is 6.25. The molecular formula is C8H9N3O2. The molecule has 68 valence electrons. The molecule has 0 aromatic carbocycles. The molecule has 0 bridgehead atoms. The number of H-pyrrole nitrogens is 1. The molecule has 1 aliphatic heterocycles. The number of carbonyl (C=O) groups excluding carboxylic acids is 2. The first-order valence-electron chi connectivity index (χ1n) is 4.05. The van der Waals surface area contributed by atoms with Crippen LogP contribution < -0.4 is 5.32 Å². The maximum Gasteiger partial charge on any atom is 0.228 e. The van der Waals surface area contributed by atoms with Crippen LogP contribution >= 0.6 is 0 Å². The lowest BCUT2D eigenvalue weighted by atomic mass is 10.1. The molecular weight excluding hydrogens is 170 g/mol. The van der Waals surface area contributed by atoms with E-state index < -0.39 is 0 Å². The number of aromatic amines is 1. The fraction of sp³-hybridized carbons (Fsp3) is 0.375. The molecule has 1 aliphatic rings. The highest BCUT2D eigenvalue weighted by molar-refractivity contribution is 6.07. The minimum Gasteiger partial charge on any atom is -0.348 e. The van der Waals surface area contributed by atoms with Crippen molar-refractivity contribution in [1.82, 2.24) is 15.3 Å². The van der Waals surface area contributed by atoms with Crippen molar-refractivity contribution in [3.63, 3.8) is 0 Å². The van der Waals surface area contributed by atoms with Crippen LogP contribution in [-0.4, -0.2) is 27.7 Å². The Morgan fingerprint density at radius 1 is 1.54 bits per heavy atom. The minimum atomic E-state index is -0.368. The average Bonchev–Trinajstić information content (AvgIpc) is 2.63. The van der Waals surface area contributed by atoms with Crippen molar-refractivity contribution in [2.45, 2.75) is 18.9 Å². The lowest BCUT2D eigenvalue weighted by molar-refractivity contribution is -0.122. The number of nitrogens with one attached hydrogen (secondary N) is 2. The lowest BCUT2D eigenvalue weighted by Gasteiger charge is -2.05. The Kier molecular flexibility index (Phi) is 1.84. The van der Waals surface area contributed by atoms with Crippen molar-refractivity contribution in [2.24, 2.45) is 0 Å². The number of amides is 1. The van der Waals surface area contributed by atoms with Gasteiger partial charge in [-0.25, -0.2) is 4.98 Å². The molecule has 0 aliphatic carbocycles. The van der Waals surface area contributed by atoms with Gasteiger partial charge in [-0.2, -0.15) is 0 Å². The van der Waals surface area contributed by atoms with Crippen molar-refractivity contribution < 1.29 is 9.59 Å². The number of nitrogens with zero attached hydrogens (tertiary/aromatic N) is 1. The molecule has 13 heavy (non-hydrogen) atoms. The summed E-state index contributed by atoms with van der Waals surface area (Å²) in [5.41, 5.74) is 0.862. The normalized spacial score (nSPS) is 22.0. The van der Waals surface area contributed by atoms with Crippen LogP contribution in [0.25, 0.3) is 0 Å². The third kappa shape index (κ3) is 1.58. The number of ketones is 1. The third-order valence-corrected chi connectivity index (χ3v) is 2.04. The quantitative estimate of drug-likeness (QED) is 0.596. The van der Waals surface area contributed by atoms with Gasteiger partial charge in [-0.3, -0.25) is 9.59 Å². The smallest absolute Gasteiger partial charge is 0.228 e. The maximum absolute atomic E-state index is 11.2. The molecule has 2 heterocycles. The van der Waals surface area contributed by atoms with Crippen LogP contribution in [0.5, 0.6) is 0 Å². The lowest BCUT2D eigenvalue weighted by Crippen LogP contribution is -2.31. The van der Waals surface area contributed by atoms with Gasteiger partial charge in [0.25, 0.3) is 0 Å². The number of carbonyl (C=O) groups is 2. The van der Waals surface area contributed by atoms with E-state index in [0.717, 1.165) is 5.69 Å². The molecule has 0 unspecified atom stereocenters. The largest absolute Gasteiger partial charge is 0.348 e. The van der Waals surface area contributed by atoms with Gasteiger partial charge in [-0.15, -0.1) is 0 Å². The van der Waals surface area contributed by atoms with Gasteiger partial charge in [0.15, 0.2) is 5.78 Å². The van der Waals surface area contributed by atoms with Gasteiger partial charge in [0.1, 0.15) is 0 Å². The molecule has 1 fully saturated rings. The second-order valence-corrected chi connectivity index (χ2v) is 3.04. The third-order valence-electron chi connectivity index (χ3n) is 2.04. The van der Waals surface area contributed by atoms with E-state index in [-0.39, 0.29) is 24.2 Å². The SMILES string of the molecule is O=C1CC(=O)[C@H](Cc2cnc[nH]2)N1. The minimum absolute atomic E-state index is 0.0127. The summed E-state index contributed by atoms with van der Waals surface area (Å²) in [5, 5.41) is 2.61. The summed E-state index contributed by atoms with van der Waals surface area (Å²) in [5.74, 6) is -0.228. The van der Waals surface area contributed by atoms with Crippen molar-refractivity contribution in [2.75, 3.05) is 0 Å². The Bertz CT molecular complexity index is 331. The zero-order chi connectivity index (χ0) is 9.26. The summed E-state index contributed by atoms with van der Waals surface area (Å²) in [6.45, 7) is 0. The topological polar surface area (TPSA) is 74.8 Å². The maximum atomic E-state index is 11.2. The van der Waals surface area contributed by atoms with Gasteiger partial charge >= 0.3 is 0 Å². The number of hydrogen-bond acceptors (Lipinski definition) is 3. The van der Waals surface area contributed by atoms with Crippen LogP contribution in [0.15, 0.2) is 12.5 Å². The standard InChI is InChI=1S/C8H9N3O2/c12-7-2-8(13)11-6(7)1-5-3-9-4-10-5/h3-4,6H,1-2H2,(H,9,10)(H,11,13)/t6-/m0/s1. The summed E-state index contributed by atoms with van der Waals surface area (Å²) in [4.78, 5) is 28.7.